The minimum Gasteiger partial charge on any atom is -0.334 e. The number of hydrogen-bond donors (Lipinski definition) is 0. The Morgan fingerprint density at radius 2 is 2.19 bits per heavy atom. The number of benzene rings is 1. The maximum absolute atomic E-state index is 12.1. The third-order valence-corrected chi connectivity index (χ3v) is 3.17. The van der Waals surface area contributed by atoms with Crippen LogP contribution in [0.5, 0.6) is 0 Å². The summed E-state index contributed by atoms with van der Waals surface area (Å²) in [6.45, 7) is 5.15. The highest BCUT2D eigenvalue weighted by atomic mass is 35.5. The summed E-state index contributed by atoms with van der Waals surface area (Å²) in [4.78, 5) is 13.9. The molecule has 1 aliphatic rings. The first-order chi connectivity index (χ1) is 7.72. The van der Waals surface area contributed by atoms with Crippen molar-refractivity contribution in [3.05, 3.63) is 47.5 Å². The first kappa shape index (κ1) is 11.2. The molecule has 84 valence electrons. The standard InChI is InChI=1S/C13H14ClNO/c1-10(8-14)9-15-7-6-11-4-2-3-5-12(11)13(15)16/h2-5H,1,6-9H2. The molecule has 1 aliphatic heterocycles. The zero-order valence-electron chi connectivity index (χ0n) is 9.08. The molecular weight excluding hydrogens is 222 g/mol. The van der Waals surface area contributed by atoms with Crippen LogP contribution in [0.4, 0.5) is 0 Å². The molecule has 16 heavy (non-hydrogen) atoms. The molecule has 0 aromatic heterocycles. The maximum atomic E-state index is 12.1. The third kappa shape index (κ3) is 2.12. The number of carbonyl (C=O) groups excluding carboxylic acids is 1. The van der Waals surface area contributed by atoms with Gasteiger partial charge in [-0.3, -0.25) is 4.79 Å². The molecule has 2 rings (SSSR count). The van der Waals surface area contributed by atoms with Gasteiger partial charge in [-0.25, -0.2) is 0 Å². The molecule has 1 heterocycles. The number of hydrogen-bond acceptors (Lipinski definition) is 1. The Morgan fingerprint density at radius 3 is 2.94 bits per heavy atom. The van der Waals surface area contributed by atoms with E-state index < -0.39 is 0 Å². The highest BCUT2D eigenvalue weighted by Gasteiger charge is 2.23. The molecule has 0 bridgehead atoms. The van der Waals surface area contributed by atoms with Gasteiger partial charge in [0.2, 0.25) is 0 Å². The lowest BCUT2D eigenvalue weighted by molar-refractivity contribution is 0.0755. The predicted molar refractivity (Wildman–Crippen MR) is 65.9 cm³/mol. The molecule has 0 fully saturated rings. The summed E-state index contributed by atoms with van der Waals surface area (Å²) in [6, 6.07) is 7.77. The second-order valence-electron chi connectivity index (χ2n) is 4.02. The van der Waals surface area contributed by atoms with Gasteiger partial charge < -0.3 is 4.90 Å². The summed E-state index contributed by atoms with van der Waals surface area (Å²) in [5.74, 6) is 0.499. The van der Waals surface area contributed by atoms with Gasteiger partial charge in [0.1, 0.15) is 0 Å². The van der Waals surface area contributed by atoms with Crippen molar-refractivity contribution in [2.75, 3.05) is 19.0 Å². The second kappa shape index (κ2) is 4.71. The molecule has 0 unspecified atom stereocenters. The van der Waals surface area contributed by atoms with E-state index in [9.17, 15) is 4.79 Å². The highest BCUT2D eigenvalue weighted by Crippen LogP contribution is 2.19. The van der Waals surface area contributed by atoms with E-state index in [-0.39, 0.29) is 5.91 Å². The van der Waals surface area contributed by atoms with Gasteiger partial charge in [0.25, 0.3) is 5.91 Å². The van der Waals surface area contributed by atoms with Crippen LogP contribution in [-0.4, -0.2) is 29.8 Å². The van der Waals surface area contributed by atoms with Crippen LogP contribution in [-0.2, 0) is 6.42 Å². The topological polar surface area (TPSA) is 20.3 Å². The van der Waals surface area contributed by atoms with E-state index in [4.69, 9.17) is 11.6 Å². The van der Waals surface area contributed by atoms with Crippen LogP contribution in [0.2, 0.25) is 0 Å². The number of nitrogens with zero attached hydrogens (tertiary/aromatic N) is 1. The van der Waals surface area contributed by atoms with E-state index in [0.717, 1.165) is 29.7 Å². The van der Waals surface area contributed by atoms with Crippen molar-refractivity contribution in [3.63, 3.8) is 0 Å². The summed E-state index contributed by atoms with van der Waals surface area (Å²) in [7, 11) is 0. The fourth-order valence-electron chi connectivity index (χ4n) is 1.94. The molecule has 0 N–H and O–H groups in total. The third-order valence-electron chi connectivity index (χ3n) is 2.79. The second-order valence-corrected chi connectivity index (χ2v) is 4.28. The number of rotatable bonds is 3. The van der Waals surface area contributed by atoms with Crippen LogP contribution in [0.15, 0.2) is 36.4 Å². The van der Waals surface area contributed by atoms with Gasteiger partial charge in [-0.15, -0.1) is 11.6 Å². The maximum Gasteiger partial charge on any atom is 0.254 e. The van der Waals surface area contributed by atoms with E-state index in [2.05, 4.69) is 6.58 Å². The molecule has 0 atom stereocenters. The van der Waals surface area contributed by atoms with Gasteiger partial charge in [-0.1, -0.05) is 24.8 Å². The van der Waals surface area contributed by atoms with E-state index in [1.54, 1.807) is 0 Å². The zero-order valence-corrected chi connectivity index (χ0v) is 9.83. The summed E-state index contributed by atoms with van der Waals surface area (Å²) in [5.41, 5.74) is 2.84. The van der Waals surface area contributed by atoms with E-state index >= 15 is 0 Å². The van der Waals surface area contributed by atoms with Crippen molar-refractivity contribution < 1.29 is 4.79 Å². The smallest absolute Gasteiger partial charge is 0.254 e. The van der Waals surface area contributed by atoms with Crippen molar-refractivity contribution in [1.82, 2.24) is 4.90 Å². The van der Waals surface area contributed by atoms with Crippen molar-refractivity contribution in [1.29, 1.82) is 0 Å². The van der Waals surface area contributed by atoms with Crippen molar-refractivity contribution in [2.45, 2.75) is 6.42 Å². The zero-order chi connectivity index (χ0) is 11.5. The Hall–Kier alpha value is -1.28. The lowest BCUT2D eigenvalue weighted by Crippen LogP contribution is -2.38. The minimum atomic E-state index is 0.0908. The fraction of sp³-hybridized carbons (Fsp3) is 0.308. The Labute approximate surface area is 101 Å². The van der Waals surface area contributed by atoms with Gasteiger partial charge in [-0.05, 0) is 23.6 Å². The van der Waals surface area contributed by atoms with Gasteiger partial charge in [0.05, 0.1) is 0 Å². The average molecular weight is 236 g/mol. The molecule has 3 heteroatoms. The first-order valence-corrected chi connectivity index (χ1v) is 5.85. The molecule has 2 nitrogen and oxygen atoms in total. The van der Waals surface area contributed by atoms with Gasteiger partial charge in [0.15, 0.2) is 0 Å². The predicted octanol–water partition coefficient (Wildman–Crippen LogP) is 2.48. The number of carbonyl (C=O) groups is 1. The fourth-order valence-corrected chi connectivity index (χ4v) is 2.02. The van der Waals surface area contributed by atoms with E-state index in [1.807, 2.05) is 29.2 Å². The molecule has 0 radical (unpaired) electrons. The molecule has 0 saturated heterocycles. The average Bonchev–Trinajstić information content (AvgIpc) is 2.33. The van der Waals surface area contributed by atoms with Crippen molar-refractivity contribution >= 4 is 17.5 Å². The molecule has 0 saturated carbocycles. The number of alkyl halides is 1. The van der Waals surface area contributed by atoms with Crippen LogP contribution in [0.25, 0.3) is 0 Å². The molecule has 1 aromatic carbocycles. The summed E-state index contributed by atoms with van der Waals surface area (Å²) in [6.07, 6.45) is 0.914. The monoisotopic (exact) mass is 235 g/mol. The molecule has 1 aromatic rings. The molecule has 0 aliphatic carbocycles. The van der Waals surface area contributed by atoms with Crippen molar-refractivity contribution in [2.24, 2.45) is 0 Å². The largest absolute Gasteiger partial charge is 0.334 e. The highest BCUT2D eigenvalue weighted by molar-refractivity contribution is 6.19. The van der Waals surface area contributed by atoms with Crippen LogP contribution in [0.3, 0.4) is 0 Å². The van der Waals surface area contributed by atoms with Crippen LogP contribution >= 0.6 is 11.6 Å². The molecule has 0 spiro atoms. The number of fused-ring (bicyclic) bond motifs is 1. The molecule has 1 amide bonds. The van der Waals surface area contributed by atoms with Crippen LogP contribution in [0, 0.1) is 0 Å². The summed E-state index contributed by atoms with van der Waals surface area (Å²) in [5, 5.41) is 0. The van der Waals surface area contributed by atoms with Gasteiger partial charge in [-0.2, -0.15) is 0 Å². The number of halogens is 1. The Bertz CT molecular complexity index is 428. The first-order valence-electron chi connectivity index (χ1n) is 5.32. The van der Waals surface area contributed by atoms with Crippen LogP contribution in [0.1, 0.15) is 15.9 Å². The lowest BCUT2D eigenvalue weighted by Gasteiger charge is -2.28. The SMILES string of the molecule is C=C(CCl)CN1CCc2ccccc2C1=O. The van der Waals surface area contributed by atoms with Crippen molar-refractivity contribution in [3.8, 4) is 0 Å². The quantitative estimate of drug-likeness (QED) is 0.582. The van der Waals surface area contributed by atoms with Gasteiger partial charge >= 0.3 is 0 Å². The minimum absolute atomic E-state index is 0.0908. The Morgan fingerprint density at radius 1 is 1.44 bits per heavy atom. The summed E-state index contributed by atoms with van der Waals surface area (Å²) < 4.78 is 0. The van der Waals surface area contributed by atoms with E-state index in [1.165, 1.54) is 0 Å². The van der Waals surface area contributed by atoms with E-state index in [0.29, 0.717) is 12.4 Å². The number of amides is 1. The normalized spacial score (nSPS) is 14.8. The Balaban J connectivity index is 2.18. The lowest BCUT2D eigenvalue weighted by atomic mass is 9.99. The summed E-state index contributed by atoms with van der Waals surface area (Å²) >= 11 is 5.68. The molecular formula is C13H14ClNO. The van der Waals surface area contributed by atoms with Gasteiger partial charge in [0, 0.05) is 24.5 Å². The Kier molecular flexibility index (Phi) is 3.30. The van der Waals surface area contributed by atoms with Crippen LogP contribution < -0.4 is 0 Å².